The Balaban J connectivity index is 2.31. The van der Waals surface area contributed by atoms with E-state index in [0.29, 0.717) is 25.4 Å². The third-order valence-electron chi connectivity index (χ3n) is 2.58. The lowest BCUT2D eigenvalue weighted by Gasteiger charge is -2.08. The van der Waals surface area contributed by atoms with E-state index in [4.69, 9.17) is 0 Å². The lowest BCUT2D eigenvalue weighted by molar-refractivity contribution is -0.121. The van der Waals surface area contributed by atoms with Crippen molar-refractivity contribution in [1.29, 1.82) is 0 Å². The Bertz CT molecular complexity index is 420. The smallest absolute Gasteiger partial charge is 0.307 e. The zero-order valence-electron chi connectivity index (χ0n) is 10.7. The van der Waals surface area contributed by atoms with E-state index >= 15 is 0 Å². The second kappa shape index (κ2) is 6.59. The number of hydrogen-bond acceptors (Lipinski definition) is 3. The number of rotatable bonds is 6. The van der Waals surface area contributed by atoms with E-state index in [1.54, 1.807) is 4.57 Å². The maximum atomic E-state index is 11.5. The molecule has 1 heterocycles. The minimum absolute atomic E-state index is 0.0116. The monoisotopic (exact) mass is 256 g/mol. The van der Waals surface area contributed by atoms with E-state index in [9.17, 15) is 9.59 Å². The van der Waals surface area contributed by atoms with Gasteiger partial charge in [0.1, 0.15) is 0 Å². The highest BCUT2D eigenvalue weighted by Crippen LogP contribution is 2.01. The van der Waals surface area contributed by atoms with Crippen LogP contribution in [-0.4, -0.2) is 17.0 Å². The molecular formula is C12H20N2O2S. The molecule has 0 saturated heterocycles. The molecule has 1 aromatic heterocycles. The summed E-state index contributed by atoms with van der Waals surface area (Å²) in [5, 5.41) is 4.68. The van der Waals surface area contributed by atoms with Gasteiger partial charge in [0, 0.05) is 30.6 Å². The van der Waals surface area contributed by atoms with E-state index in [1.807, 2.05) is 12.3 Å². The minimum atomic E-state index is 0.0116. The van der Waals surface area contributed by atoms with Crippen LogP contribution in [0.2, 0.25) is 0 Å². The van der Waals surface area contributed by atoms with Crippen molar-refractivity contribution >= 4 is 17.2 Å². The van der Waals surface area contributed by atoms with Crippen LogP contribution in [-0.2, 0) is 11.3 Å². The molecule has 17 heavy (non-hydrogen) atoms. The van der Waals surface area contributed by atoms with Crippen molar-refractivity contribution in [2.24, 2.45) is 5.92 Å². The molecule has 1 aromatic rings. The Labute approximate surface area is 106 Å². The van der Waals surface area contributed by atoms with Crippen molar-refractivity contribution in [2.45, 2.75) is 40.2 Å². The number of thiazole rings is 1. The van der Waals surface area contributed by atoms with Crippen molar-refractivity contribution in [1.82, 2.24) is 9.88 Å². The van der Waals surface area contributed by atoms with Gasteiger partial charge in [-0.1, -0.05) is 25.2 Å². The number of nitrogens with zero attached hydrogens (tertiary/aromatic N) is 1. The summed E-state index contributed by atoms with van der Waals surface area (Å²) in [6.07, 6.45) is 1.36. The van der Waals surface area contributed by atoms with Gasteiger partial charge in [-0.25, -0.2) is 0 Å². The fourth-order valence-corrected chi connectivity index (χ4v) is 2.24. The second-order valence-corrected chi connectivity index (χ2v) is 5.40. The Kier molecular flexibility index (Phi) is 5.41. The Morgan fingerprint density at radius 2 is 2.24 bits per heavy atom. The van der Waals surface area contributed by atoms with Crippen molar-refractivity contribution in [3.8, 4) is 0 Å². The number of aromatic nitrogens is 1. The quantitative estimate of drug-likeness (QED) is 0.843. The first-order chi connectivity index (χ1) is 8.00. The van der Waals surface area contributed by atoms with Crippen LogP contribution in [0.25, 0.3) is 0 Å². The standard InChI is InChI=1S/C12H20N2O2S/c1-9(2)4-6-13-11(15)5-7-14-10(3)8-17-12(14)16/h8-9H,4-7H2,1-3H3,(H,13,15). The summed E-state index contributed by atoms with van der Waals surface area (Å²) in [6.45, 7) is 7.32. The van der Waals surface area contributed by atoms with Gasteiger partial charge in [-0.05, 0) is 19.3 Å². The zero-order chi connectivity index (χ0) is 12.8. The molecule has 4 nitrogen and oxygen atoms in total. The van der Waals surface area contributed by atoms with Crippen LogP contribution in [0.3, 0.4) is 0 Å². The van der Waals surface area contributed by atoms with Gasteiger partial charge in [0.05, 0.1) is 0 Å². The molecule has 0 unspecified atom stereocenters. The predicted molar refractivity (Wildman–Crippen MR) is 70.4 cm³/mol. The number of aryl methyl sites for hydroxylation is 1. The molecule has 0 aliphatic heterocycles. The molecule has 0 radical (unpaired) electrons. The van der Waals surface area contributed by atoms with Gasteiger partial charge in [0.2, 0.25) is 5.91 Å². The fraction of sp³-hybridized carbons (Fsp3) is 0.667. The number of hydrogen-bond donors (Lipinski definition) is 1. The highest BCUT2D eigenvalue weighted by Gasteiger charge is 2.06. The van der Waals surface area contributed by atoms with Gasteiger partial charge in [-0.2, -0.15) is 0 Å². The first-order valence-corrected chi connectivity index (χ1v) is 6.80. The minimum Gasteiger partial charge on any atom is -0.356 e. The summed E-state index contributed by atoms with van der Waals surface area (Å²) in [6, 6.07) is 0. The topological polar surface area (TPSA) is 51.1 Å². The predicted octanol–water partition coefficient (Wildman–Crippen LogP) is 1.77. The first kappa shape index (κ1) is 14.0. The number of carbonyl (C=O) groups excluding carboxylic acids is 1. The van der Waals surface area contributed by atoms with Crippen LogP contribution in [0.4, 0.5) is 0 Å². The van der Waals surface area contributed by atoms with Gasteiger partial charge < -0.3 is 9.88 Å². The van der Waals surface area contributed by atoms with Gasteiger partial charge in [-0.15, -0.1) is 0 Å². The van der Waals surface area contributed by atoms with Gasteiger partial charge in [-0.3, -0.25) is 9.59 Å². The molecule has 96 valence electrons. The second-order valence-electron chi connectivity index (χ2n) is 4.58. The highest BCUT2D eigenvalue weighted by atomic mass is 32.1. The molecule has 0 atom stereocenters. The van der Waals surface area contributed by atoms with Gasteiger partial charge >= 0.3 is 4.87 Å². The molecule has 1 N–H and O–H groups in total. The summed E-state index contributed by atoms with van der Waals surface area (Å²) in [5.41, 5.74) is 0.926. The average Bonchev–Trinajstić information content (AvgIpc) is 2.55. The molecular weight excluding hydrogens is 236 g/mol. The van der Waals surface area contributed by atoms with Gasteiger partial charge in [0.25, 0.3) is 0 Å². The molecule has 0 fully saturated rings. The Hall–Kier alpha value is -1.10. The van der Waals surface area contributed by atoms with Crippen LogP contribution in [0, 0.1) is 12.8 Å². The van der Waals surface area contributed by atoms with Crippen molar-refractivity contribution in [3.63, 3.8) is 0 Å². The summed E-state index contributed by atoms with van der Waals surface area (Å²) in [4.78, 5) is 22.9. The lowest BCUT2D eigenvalue weighted by atomic mass is 10.1. The molecule has 0 saturated carbocycles. The fourth-order valence-electron chi connectivity index (χ4n) is 1.48. The van der Waals surface area contributed by atoms with Gasteiger partial charge in [0.15, 0.2) is 0 Å². The number of nitrogens with one attached hydrogen (secondary N) is 1. The largest absolute Gasteiger partial charge is 0.356 e. The van der Waals surface area contributed by atoms with E-state index in [0.717, 1.165) is 12.1 Å². The molecule has 0 bridgehead atoms. The normalized spacial score (nSPS) is 10.8. The first-order valence-electron chi connectivity index (χ1n) is 5.92. The third-order valence-corrected chi connectivity index (χ3v) is 3.46. The van der Waals surface area contributed by atoms with E-state index in [1.165, 1.54) is 11.3 Å². The average molecular weight is 256 g/mol. The molecule has 0 aliphatic carbocycles. The maximum Gasteiger partial charge on any atom is 0.307 e. The van der Waals surface area contributed by atoms with Crippen LogP contribution < -0.4 is 10.2 Å². The van der Waals surface area contributed by atoms with Crippen LogP contribution >= 0.6 is 11.3 Å². The van der Waals surface area contributed by atoms with Crippen molar-refractivity contribution < 1.29 is 4.79 Å². The molecule has 1 amide bonds. The van der Waals surface area contributed by atoms with Crippen molar-refractivity contribution in [3.05, 3.63) is 20.7 Å². The zero-order valence-corrected chi connectivity index (χ0v) is 11.5. The third kappa shape index (κ3) is 4.73. The van der Waals surface area contributed by atoms with Crippen molar-refractivity contribution in [2.75, 3.05) is 6.54 Å². The lowest BCUT2D eigenvalue weighted by Crippen LogP contribution is -2.27. The van der Waals surface area contributed by atoms with Crippen LogP contribution in [0.1, 0.15) is 32.4 Å². The highest BCUT2D eigenvalue weighted by molar-refractivity contribution is 7.07. The maximum absolute atomic E-state index is 11.5. The molecule has 5 heteroatoms. The Morgan fingerprint density at radius 1 is 1.53 bits per heavy atom. The molecule has 0 aromatic carbocycles. The van der Waals surface area contributed by atoms with Crippen LogP contribution in [0.5, 0.6) is 0 Å². The molecule has 1 rings (SSSR count). The Morgan fingerprint density at radius 3 is 2.76 bits per heavy atom. The van der Waals surface area contributed by atoms with E-state index in [2.05, 4.69) is 19.2 Å². The number of amides is 1. The van der Waals surface area contributed by atoms with Crippen LogP contribution in [0.15, 0.2) is 10.2 Å². The summed E-state index contributed by atoms with van der Waals surface area (Å²) in [5.74, 6) is 0.611. The molecule has 0 spiro atoms. The summed E-state index contributed by atoms with van der Waals surface area (Å²) < 4.78 is 1.65. The number of carbonyl (C=O) groups is 1. The van der Waals surface area contributed by atoms with E-state index < -0.39 is 0 Å². The SMILES string of the molecule is Cc1csc(=O)n1CCC(=O)NCCC(C)C. The van der Waals surface area contributed by atoms with E-state index in [-0.39, 0.29) is 10.8 Å². The summed E-state index contributed by atoms with van der Waals surface area (Å²) >= 11 is 1.18. The summed E-state index contributed by atoms with van der Waals surface area (Å²) in [7, 11) is 0. The molecule has 0 aliphatic rings.